The molecular weight excluding hydrogens is 232 g/mol. The minimum atomic E-state index is -0.870. The van der Waals surface area contributed by atoms with Gasteiger partial charge in [-0.25, -0.2) is 4.79 Å². The van der Waals surface area contributed by atoms with E-state index in [-0.39, 0.29) is 12.5 Å². The molecule has 0 fully saturated rings. The SMILES string of the molecule is CC(C)CNC(=O)Nc1ccc(CC(=O)O)cc1. The number of aliphatic carboxylic acids is 1. The third-order valence-electron chi connectivity index (χ3n) is 2.24. The summed E-state index contributed by atoms with van der Waals surface area (Å²) < 4.78 is 0. The summed E-state index contributed by atoms with van der Waals surface area (Å²) in [4.78, 5) is 22.0. The molecule has 0 spiro atoms. The van der Waals surface area contributed by atoms with Gasteiger partial charge < -0.3 is 15.7 Å². The molecule has 1 aromatic rings. The van der Waals surface area contributed by atoms with E-state index >= 15 is 0 Å². The van der Waals surface area contributed by atoms with Crippen LogP contribution in [0.5, 0.6) is 0 Å². The van der Waals surface area contributed by atoms with Crippen LogP contribution in [0.3, 0.4) is 0 Å². The lowest BCUT2D eigenvalue weighted by Crippen LogP contribution is -2.31. The molecule has 0 bridgehead atoms. The largest absolute Gasteiger partial charge is 0.481 e. The maximum atomic E-state index is 11.5. The standard InChI is InChI=1S/C13H18N2O3/c1-9(2)8-14-13(18)15-11-5-3-10(4-6-11)7-12(16)17/h3-6,9H,7-8H2,1-2H3,(H,16,17)(H2,14,15,18). The Labute approximate surface area is 106 Å². The lowest BCUT2D eigenvalue weighted by atomic mass is 10.1. The monoisotopic (exact) mass is 250 g/mol. The van der Waals surface area contributed by atoms with Gasteiger partial charge >= 0.3 is 12.0 Å². The third-order valence-corrected chi connectivity index (χ3v) is 2.24. The third kappa shape index (κ3) is 5.34. The van der Waals surface area contributed by atoms with Crippen LogP contribution in [0.1, 0.15) is 19.4 Å². The van der Waals surface area contributed by atoms with Crippen molar-refractivity contribution in [2.75, 3.05) is 11.9 Å². The van der Waals surface area contributed by atoms with E-state index in [1.54, 1.807) is 24.3 Å². The molecule has 0 aromatic heterocycles. The first-order valence-corrected chi connectivity index (χ1v) is 5.83. The van der Waals surface area contributed by atoms with Gasteiger partial charge in [-0.05, 0) is 23.6 Å². The van der Waals surface area contributed by atoms with Crippen molar-refractivity contribution < 1.29 is 14.7 Å². The van der Waals surface area contributed by atoms with Gasteiger partial charge in [-0.15, -0.1) is 0 Å². The number of carboxylic acids is 1. The molecule has 18 heavy (non-hydrogen) atoms. The molecule has 0 heterocycles. The number of carboxylic acid groups (broad SMARTS) is 1. The molecule has 0 radical (unpaired) electrons. The van der Waals surface area contributed by atoms with Crippen LogP contribution >= 0.6 is 0 Å². The molecule has 0 atom stereocenters. The predicted octanol–water partition coefficient (Wildman–Crippen LogP) is 2.09. The minimum absolute atomic E-state index is 0.0141. The summed E-state index contributed by atoms with van der Waals surface area (Å²) in [5.74, 6) is -0.473. The Hall–Kier alpha value is -2.04. The minimum Gasteiger partial charge on any atom is -0.481 e. The number of hydrogen-bond acceptors (Lipinski definition) is 2. The number of carbonyl (C=O) groups excluding carboxylic acids is 1. The van der Waals surface area contributed by atoms with Crippen LogP contribution in [0.2, 0.25) is 0 Å². The molecule has 0 saturated heterocycles. The normalized spacial score (nSPS) is 10.2. The van der Waals surface area contributed by atoms with Gasteiger partial charge in [0.05, 0.1) is 6.42 Å². The van der Waals surface area contributed by atoms with Crippen LogP contribution in [0.4, 0.5) is 10.5 Å². The second-order valence-corrected chi connectivity index (χ2v) is 4.50. The highest BCUT2D eigenvalue weighted by Gasteiger charge is 2.03. The van der Waals surface area contributed by atoms with E-state index in [4.69, 9.17) is 5.11 Å². The van der Waals surface area contributed by atoms with Gasteiger partial charge in [0.2, 0.25) is 0 Å². The summed E-state index contributed by atoms with van der Waals surface area (Å²) >= 11 is 0. The average molecular weight is 250 g/mol. The second-order valence-electron chi connectivity index (χ2n) is 4.50. The quantitative estimate of drug-likeness (QED) is 0.748. The fourth-order valence-electron chi connectivity index (χ4n) is 1.35. The number of anilines is 1. The van der Waals surface area contributed by atoms with Gasteiger partial charge in [0.25, 0.3) is 0 Å². The van der Waals surface area contributed by atoms with Gasteiger partial charge in [0, 0.05) is 12.2 Å². The number of urea groups is 1. The molecule has 0 aliphatic heterocycles. The van der Waals surface area contributed by atoms with Crippen molar-refractivity contribution in [3.05, 3.63) is 29.8 Å². The molecule has 3 N–H and O–H groups in total. The van der Waals surface area contributed by atoms with Gasteiger partial charge in [0.1, 0.15) is 0 Å². The fourth-order valence-corrected chi connectivity index (χ4v) is 1.35. The Kier molecular flexibility index (Phi) is 5.17. The molecule has 0 aliphatic rings. The Balaban J connectivity index is 2.48. The van der Waals surface area contributed by atoms with E-state index in [1.165, 1.54) is 0 Å². The topological polar surface area (TPSA) is 78.4 Å². The predicted molar refractivity (Wildman–Crippen MR) is 69.6 cm³/mol. The van der Waals surface area contributed by atoms with E-state index in [1.807, 2.05) is 13.8 Å². The number of benzene rings is 1. The van der Waals surface area contributed by atoms with E-state index in [0.717, 1.165) is 0 Å². The van der Waals surface area contributed by atoms with Crippen LogP contribution in [-0.2, 0) is 11.2 Å². The zero-order valence-electron chi connectivity index (χ0n) is 10.6. The first-order chi connectivity index (χ1) is 8.47. The summed E-state index contributed by atoms with van der Waals surface area (Å²) in [6.07, 6.45) is -0.0141. The average Bonchev–Trinajstić information content (AvgIpc) is 2.28. The van der Waals surface area contributed by atoms with E-state index < -0.39 is 5.97 Å². The molecule has 1 aromatic carbocycles. The highest BCUT2D eigenvalue weighted by Crippen LogP contribution is 2.09. The van der Waals surface area contributed by atoms with Crippen molar-refractivity contribution in [1.82, 2.24) is 5.32 Å². The highest BCUT2D eigenvalue weighted by molar-refractivity contribution is 5.89. The van der Waals surface area contributed by atoms with E-state index in [0.29, 0.717) is 23.7 Å². The number of nitrogens with one attached hydrogen (secondary N) is 2. The lowest BCUT2D eigenvalue weighted by molar-refractivity contribution is -0.136. The Bertz CT molecular complexity index is 413. The molecule has 2 amide bonds. The second kappa shape index (κ2) is 6.64. The summed E-state index contributed by atoms with van der Waals surface area (Å²) in [6, 6.07) is 6.49. The Morgan fingerprint density at radius 3 is 2.33 bits per heavy atom. The Morgan fingerprint density at radius 1 is 1.22 bits per heavy atom. The van der Waals surface area contributed by atoms with Crippen molar-refractivity contribution in [3.63, 3.8) is 0 Å². The van der Waals surface area contributed by atoms with Gasteiger partial charge in [0.15, 0.2) is 0 Å². The summed E-state index contributed by atoms with van der Waals surface area (Å²) in [5.41, 5.74) is 1.35. The first kappa shape index (κ1) is 14.0. The van der Waals surface area contributed by atoms with E-state index in [9.17, 15) is 9.59 Å². The number of amides is 2. The van der Waals surface area contributed by atoms with Gasteiger partial charge in [-0.1, -0.05) is 26.0 Å². The molecular formula is C13H18N2O3. The number of rotatable bonds is 5. The van der Waals surface area contributed by atoms with Crippen molar-refractivity contribution >= 4 is 17.7 Å². The number of carbonyl (C=O) groups is 2. The van der Waals surface area contributed by atoms with Crippen molar-refractivity contribution in [2.24, 2.45) is 5.92 Å². The molecule has 98 valence electrons. The van der Waals surface area contributed by atoms with Crippen molar-refractivity contribution in [1.29, 1.82) is 0 Å². The zero-order valence-corrected chi connectivity index (χ0v) is 10.6. The Morgan fingerprint density at radius 2 is 1.83 bits per heavy atom. The lowest BCUT2D eigenvalue weighted by Gasteiger charge is -2.09. The van der Waals surface area contributed by atoms with Gasteiger partial charge in [-0.3, -0.25) is 4.79 Å². The molecule has 5 nitrogen and oxygen atoms in total. The molecule has 0 unspecified atom stereocenters. The maximum Gasteiger partial charge on any atom is 0.319 e. The molecule has 0 aliphatic carbocycles. The molecule has 0 saturated carbocycles. The van der Waals surface area contributed by atoms with Crippen LogP contribution in [0.15, 0.2) is 24.3 Å². The van der Waals surface area contributed by atoms with E-state index in [2.05, 4.69) is 10.6 Å². The summed E-state index contributed by atoms with van der Waals surface area (Å²) in [6.45, 7) is 4.64. The smallest absolute Gasteiger partial charge is 0.319 e. The van der Waals surface area contributed by atoms with Crippen molar-refractivity contribution in [2.45, 2.75) is 20.3 Å². The first-order valence-electron chi connectivity index (χ1n) is 5.83. The summed E-state index contributed by atoms with van der Waals surface area (Å²) in [5, 5.41) is 14.0. The zero-order chi connectivity index (χ0) is 13.5. The van der Waals surface area contributed by atoms with Crippen molar-refractivity contribution in [3.8, 4) is 0 Å². The van der Waals surface area contributed by atoms with Crippen LogP contribution in [0.25, 0.3) is 0 Å². The van der Waals surface area contributed by atoms with Gasteiger partial charge in [-0.2, -0.15) is 0 Å². The summed E-state index contributed by atoms with van der Waals surface area (Å²) in [7, 11) is 0. The van der Waals surface area contributed by atoms with Crippen LogP contribution in [0, 0.1) is 5.92 Å². The molecule has 5 heteroatoms. The van der Waals surface area contributed by atoms with Crippen LogP contribution in [-0.4, -0.2) is 23.7 Å². The number of hydrogen-bond donors (Lipinski definition) is 3. The van der Waals surface area contributed by atoms with Crippen LogP contribution < -0.4 is 10.6 Å². The maximum absolute atomic E-state index is 11.5. The highest BCUT2D eigenvalue weighted by atomic mass is 16.4. The molecule has 1 rings (SSSR count). The fraction of sp³-hybridized carbons (Fsp3) is 0.385.